The zero-order valence-corrected chi connectivity index (χ0v) is 57.2. The number of hydrogen-bond donors (Lipinski definition) is 21. The maximum atomic E-state index is 13.2. The SMILES string of the molecule is O=C(O)[C@@H]1O[C@@H](O[C@H]2[C@H](O)[C@@H](NS(=O)(=O)O)[C@@H](O[C@H]3[C@H](O)[C@@H](OS(=O)(=O)O)[C@H]4OC[C@@H]3O4)O[C@@H]2COS(=O)(=O)O)[C@H](OS(=O)(=O)O)[C@@H](O)[C@@H]1O[C@H]1O[C@H](COS(=O)(=O)O)[C@@H](O[C@@H]2O[C@@H](C(=O)O)[C@@H](O[C@H]3O[C@H](COS(=O)(=O)O)[C@@H](O)[C@H](O)[C@H]3NS(=O)(=O)O)[C@H](O)[C@H]2OS(=O)(=O)O)[C@H](O)[C@H]1NS(=O)(=O)O. The molecule has 0 spiro atoms. The molecule has 0 aromatic rings. The lowest BCUT2D eigenvalue weighted by Crippen LogP contribution is -2.71. The molecule has 59 nitrogen and oxygen atoms in total. The van der Waals surface area contributed by atoms with Gasteiger partial charge < -0.3 is 103 Å². The van der Waals surface area contributed by atoms with Crippen molar-refractivity contribution in [2.75, 3.05) is 26.4 Å². The van der Waals surface area contributed by atoms with Gasteiger partial charge in [0, 0.05) is 0 Å². The molecule has 2 bridgehead atoms. The smallest absolute Gasteiger partial charge is 0.397 e. The second-order valence-electron chi connectivity index (χ2n) is 21.9. The third-order valence-corrected chi connectivity index (χ3v) is 19.2. The van der Waals surface area contributed by atoms with Gasteiger partial charge in [0.05, 0.1) is 26.4 Å². The van der Waals surface area contributed by atoms with Crippen LogP contribution >= 0.6 is 0 Å². The molecular formula is C36H59N3O56S9. The molecule has 0 amide bonds. The van der Waals surface area contributed by atoms with Crippen LogP contribution in [0.25, 0.3) is 0 Å². The molecule has 7 heterocycles. The van der Waals surface area contributed by atoms with E-state index >= 15 is 0 Å². The zero-order chi connectivity index (χ0) is 78.7. The summed E-state index contributed by atoms with van der Waals surface area (Å²) in [4.78, 5) is 26.1. The predicted molar refractivity (Wildman–Crippen MR) is 297 cm³/mol. The lowest BCUT2D eigenvalue weighted by molar-refractivity contribution is -0.374. The van der Waals surface area contributed by atoms with Crippen molar-refractivity contribution in [3.8, 4) is 0 Å². The first-order valence-corrected chi connectivity index (χ1v) is 39.8. The Balaban J connectivity index is 1.24. The summed E-state index contributed by atoms with van der Waals surface area (Å²) in [6, 6.07) is -8.57. The quantitative estimate of drug-likeness (QED) is 0.0271. The van der Waals surface area contributed by atoms with Gasteiger partial charge >= 0.3 is 105 Å². The lowest BCUT2D eigenvalue weighted by atomic mass is 9.94. The van der Waals surface area contributed by atoms with Crippen molar-refractivity contribution in [3.63, 3.8) is 0 Å². The van der Waals surface area contributed by atoms with E-state index in [1.54, 1.807) is 0 Å². The molecule has 30 atom stereocenters. The number of carboxylic acids is 2. The van der Waals surface area contributed by atoms with Gasteiger partial charge in [-0.15, -0.1) is 0 Å². The van der Waals surface area contributed by atoms with E-state index in [1.165, 1.54) is 9.44 Å². The molecule has 0 saturated carbocycles. The fourth-order valence-electron chi connectivity index (χ4n) is 10.8. The second-order valence-corrected chi connectivity index (χ2v) is 31.9. The molecule has 0 aliphatic carbocycles. The molecule has 608 valence electrons. The Morgan fingerprint density at radius 1 is 0.327 bits per heavy atom. The van der Waals surface area contributed by atoms with Crippen molar-refractivity contribution in [2.45, 2.75) is 184 Å². The zero-order valence-electron chi connectivity index (χ0n) is 49.9. The van der Waals surface area contributed by atoms with Crippen LogP contribution in [0.3, 0.4) is 0 Å². The number of hydrogen-bond acceptors (Lipinski definition) is 45. The van der Waals surface area contributed by atoms with Crippen LogP contribution in [0.1, 0.15) is 0 Å². The van der Waals surface area contributed by atoms with E-state index in [0.717, 1.165) is 4.72 Å². The maximum Gasteiger partial charge on any atom is 0.397 e. The van der Waals surface area contributed by atoms with E-state index in [1.807, 2.05) is 0 Å². The molecule has 0 aromatic carbocycles. The molecule has 0 aromatic heterocycles. The molecule has 0 unspecified atom stereocenters. The molecule has 68 heteroatoms. The molecule has 7 aliphatic rings. The average molecular weight is 1720 g/mol. The Labute approximate surface area is 581 Å². The van der Waals surface area contributed by atoms with Crippen LogP contribution in [0.5, 0.6) is 0 Å². The highest BCUT2D eigenvalue weighted by molar-refractivity contribution is 7.84. The highest BCUT2D eigenvalue weighted by Crippen LogP contribution is 2.40. The van der Waals surface area contributed by atoms with Crippen molar-refractivity contribution in [3.05, 3.63) is 0 Å². The van der Waals surface area contributed by atoms with Crippen molar-refractivity contribution >= 4 is 105 Å². The predicted octanol–water partition coefficient (Wildman–Crippen LogP) is -15.7. The molecule has 7 fully saturated rings. The van der Waals surface area contributed by atoms with Crippen LogP contribution in [0, 0.1) is 0 Å². The maximum absolute atomic E-state index is 13.2. The van der Waals surface area contributed by atoms with Crippen LogP contribution in [0.4, 0.5) is 0 Å². The Bertz CT molecular complexity index is 4110. The summed E-state index contributed by atoms with van der Waals surface area (Å²) in [6.07, 6.45) is -76.8. The lowest BCUT2D eigenvalue weighted by Gasteiger charge is -2.50. The molecule has 7 saturated heterocycles. The third kappa shape index (κ3) is 24.3. The summed E-state index contributed by atoms with van der Waals surface area (Å²) >= 11 is 0. The highest BCUT2D eigenvalue weighted by atomic mass is 32.3. The number of fused-ring (bicyclic) bond motifs is 2. The van der Waals surface area contributed by atoms with Gasteiger partial charge in [0.1, 0.15) is 116 Å². The molecule has 7 aliphatic heterocycles. The normalized spacial score (nSPS) is 40.3. The third-order valence-electron chi connectivity index (χ3n) is 14.8. The monoisotopic (exact) mass is 1720 g/mol. The summed E-state index contributed by atoms with van der Waals surface area (Å²) in [7, 11) is -52.8. The summed E-state index contributed by atoms with van der Waals surface area (Å²) in [5, 5.41) is 101. The number of aliphatic hydroxyl groups is 7. The average Bonchev–Trinajstić information content (AvgIpc) is 0.866. The largest absolute Gasteiger partial charge is 0.479 e. The van der Waals surface area contributed by atoms with Gasteiger partial charge in [-0.25, -0.2) is 34.7 Å². The van der Waals surface area contributed by atoms with Crippen LogP contribution in [-0.2, 0) is 185 Å². The number of aliphatic hydroxyl groups excluding tert-OH is 7. The number of aliphatic carboxylic acids is 2. The number of carboxylic acid groups (broad SMARTS) is 2. The number of carbonyl (C=O) groups is 2. The summed E-state index contributed by atoms with van der Waals surface area (Å²) < 4.78 is 398. The van der Waals surface area contributed by atoms with E-state index in [9.17, 15) is 168 Å². The number of nitrogens with one attached hydrogen (secondary N) is 3. The van der Waals surface area contributed by atoms with E-state index in [0.29, 0.717) is 0 Å². The van der Waals surface area contributed by atoms with E-state index < -0.39 is 316 Å². The Hall–Kier alpha value is -2.99. The van der Waals surface area contributed by atoms with Gasteiger partial charge in [-0.05, 0) is 0 Å². The Morgan fingerprint density at radius 3 is 0.952 bits per heavy atom. The van der Waals surface area contributed by atoms with Crippen molar-refractivity contribution in [1.29, 1.82) is 0 Å². The van der Waals surface area contributed by atoms with Gasteiger partial charge in [-0.3, -0.25) is 41.0 Å². The number of rotatable bonds is 33. The molecule has 0 radical (unpaired) electrons. The molecule has 104 heavy (non-hydrogen) atoms. The van der Waals surface area contributed by atoms with Crippen LogP contribution in [0.2, 0.25) is 0 Å². The van der Waals surface area contributed by atoms with Gasteiger partial charge in [0.25, 0.3) is 0 Å². The van der Waals surface area contributed by atoms with Crippen LogP contribution < -0.4 is 14.2 Å². The Morgan fingerprint density at radius 2 is 0.625 bits per heavy atom. The minimum absolute atomic E-state index is 0.696. The fraction of sp³-hybridized carbons (Fsp3) is 0.944. The van der Waals surface area contributed by atoms with Crippen LogP contribution in [-0.4, -0.2) is 385 Å². The fourth-order valence-corrected chi connectivity index (χ4v) is 15.0. The van der Waals surface area contributed by atoms with E-state index in [2.05, 4.69) is 25.1 Å². The number of ether oxygens (including phenoxy) is 12. The van der Waals surface area contributed by atoms with Gasteiger partial charge in [-0.1, -0.05) is 0 Å². The minimum atomic E-state index is -6.27. The molecule has 7 rings (SSSR count). The van der Waals surface area contributed by atoms with Crippen molar-refractivity contribution in [1.82, 2.24) is 14.2 Å². The summed E-state index contributed by atoms with van der Waals surface area (Å²) in [6.45, 7) is -6.04. The first kappa shape index (κ1) is 88.2. The van der Waals surface area contributed by atoms with Gasteiger partial charge in [-0.2, -0.15) is 89.9 Å². The minimum Gasteiger partial charge on any atom is -0.479 e. The molecular weight excluding hydrogens is 1660 g/mol. The van der Waals surface area contributed by atoms with Gasteiger partial charge in [0.2, 0.25) is 0 Å². The summed E-state index contributed by atoms with van der Waals surface area (Å²) in [5.74, 6) is -5.04. The van der Waals surface area contributed by atoms with Crippen molar-refractivity contribution in [2.24, 2.45) is 0 Å². The molecule has 21 N–H and O–H groups in total. The standard InChI is InChI=1S/C36H59N3O56S9/c40-12-5(2-79-99(60,61)62)82-31(9(13(12)41)37-96(51,52)53)89-22-17(45)25(94-103(72,73)74)35(91-27(22)29(47)48)88-20-8(4-81-101(66,67)68)84-33(11(15(20)43)39-98(57,58)59)90-23-18(46)26(95-104(75,76)77)36(92-28(23)30(49)50)87-19-7(3-80-100(63,64)65)83-32(10(14(19)42)38-97(54,55)56)86-21-6-1-78-34(85-6)24(16(21)44)93-102(69,70)71/h5-28,31-46H,1-4H2,(H,47,48)(H,49,50)(H,51,52,53)(H,54,55,56)(H,57,58,59)(H,60,61,62)(H,63,64,65)(H,66,67,68)(H,69,70,71)(H,72,73,74)(H,75,76,77)/t5-,6+,7-,8-,9-,10-,11-,12-,13-,14-,15-,16+,17+,18+,19-,20-,21-,22+,23+,24-,25-,26-,27-,28-,31-,32-,33-,34+,35-,36-/m1/s1. The van der Waals surface area contributed by atoms with Crippen LogP contribution in [0.15, 0.2) is 0 Å². The van der Waals surface area contributed by atoms with E-state index in [-0.39, 0.29) is 0 Å². The highest BCUT2D eigenvalue weighted by Gasteiger charge is 2.63. The van der Waals surface area contributed by atoms with E-state index in [4.69, 9.17) is 61.4 Å². The van der Waals surface area contributed by atoms with Gasteiger partial charge in [0.15, 0.2) is 68.3 Å². The summed E-state index contributed by atoms with van der Waals surface area (Å²) in [5.41, 5.74) is 0. The first-order chi connectivity index (χ1) is 47.2. The first-order valence-electron chi connectivity index (χ1n) is 27.3. The second kappa shape index (κ2) is 33.1. The van der Waals surface area contributed by atoms with Crippen molar-refractivity contribution < 1.29 is 254 Å². The Kier molecular flexibility index (Phi) is 28.1. The topological polar surface area (TPSA) is 908 Å².